The molecule has 5 heteroatoms. The molecule has 1 amide bonds. The monoisotopic (exact) mass is 303 g/mol. The molecule has 0 bridgehead atoms. The van der Waals surface area contributed by atoms with Crippen molar-refractivity contribution in [2.24, 2.45) is 5.92 Å². The van der Waals surface area contributed by atoms with Crippen LogP contribution in [0, 0.1) is 5.92 Å². The average Bonchev–Trinajstić information content (AvgIpc) is 2.90. The number of para-hydroxylation sites is 1. The van der Waals surface area contributed by atoms with E-state index in [2.05, 4.69) is 22.2 Å². The van der Waals surface area contributed by atoms with Crippen LogP contribution in [0.4, 0.5) is 0 Å². The first-order chi connectivity index (χ1) is 10.1. The molecule has 1 saturated heterocycles. The van der Waals surface area contributed by atoms with E-state index in [1.165, 1.54) is 0 Å². The van der Waals surface area contributed by atoms with Gasteiger partial charge in [-0.3, -0.25) is 4.79 Å². The predicted octanol–water partition coefficient (Wildman–Crippen LogP) is 2.57. The number of halogens is 1. The van der Waals surface area contributed by atoms with Crippen molar-refractivity contribution < 1.29 is 4.79 Å². The second-order valence-electron chi connectivity index (χ2n) is 5.64. The highest BCUT2D eigenvalue weighted by Crippen LogP contribution is 2.21. The summed E-state index contributed by atoms with van der Waals surface area (Å²) in [6, 6.07) is 9.22. The molecule has 1 N–H and O–H groups in total. The lowest BCUT2D eigenvalue weighted by molar-refractivity contribution is 0.0943. The molecule has 1 unspecified atom stereocenters. The second kappa shape index (κ2) is 6.00. The molecular formula is C16H18ClN3O. The van der Waals surface area contributed by atoms with Gasteiger partial charge in [0.15, 0.2) is 0 Å². The Morgan fingerprint density at radius 2 is 2.29 bits per heavy atom. The number of aromatic nitrogens is 1. The number of nitrogens with zero attached hydrogens (tertiary/aromatic N) is 2. The Morgan fingerprint density at radius 3 is 3.05 bits per heavy atom. The number of carbonyl (C=O) groups is 1. The highest BCUT2D eigenvalue weighted by molar-refractivity contribution is 6.35. The first kappa shape index (κ1) is 14.3. The van der Waals surface area contributed by atoms with Gasteiger partial charge in [-0.05, 0) is 38.1 Å². The van der Waals surface area contributed by atoms with Crippen molar-refractivity contribution >= 4 is 28.4 Å². The first-order valence-electron chi connectivity index (χ1n) is 7.15. The van der Waals surface area contributed by atoms with Gasteiger partial charge in [-0.1, -0.05) is 29.8 Å². The van der Waals surface area contributed by atoms with Crippen LogP contribution in [0.3, 0.4) is 0 Å². The number of likely N-dealkylation sites (tertiary alicyclic amines) is 1. The van der Waals surface area contributed by atoms with Crippen molar-refractivity contribution in [3.8, 4) is 0 Å². The fourth-order valence-corrected chi connectivity index (χ4v) is 2.98. The van der Waals surface area contributed by atoms with Crippen molar-refractivity contribution in [3.63, 3.8) is 0 Å². The molecule has 1 aliphatic heterocycles. The average molecular weight is 304 g/mol. The molecule has 1 fully saturated rings. The standard InChI is InChI=1S/C16H18ClN3O/c1-20-8-7-11(10-20)9-18-16(21)14-6-5-12-3-2-4-13(17)15(12)19-14/h2-6,11H,7-10H2,1H3,(H,18,21). The van der Waals surface area contributed by atoms with Gasteiger partial charge in [0, 0.05) is 18.5 Å². The number of pyridine rings is 1. The Balaban J connectivity index is 1.71. The summed E-state index contributed by atoms with van der Waals surface area (Å²) in [4.78, 5) is 18.9. The molecule has 1 aliphatic rings. The summed E-state index contributed by atoms with van der Waals surface area (Å²) >= 11 is 6.13. The van der Waals surface area contributed by atoms with Gasteiger partial charge in [0.1, 0.15) is 5.69 Å². The van der Waals surface area contributed by atoms with Gasteiger partial charge in [0.25, 0.3) is 5.91 Å². The topological polar surface area (TPSA) is 45.2 Å². The van der Waals surface area contributed by atoms with Crippen LogP contribution in [0.1, 0.15) is 16.9 Å². The molecule has 2 aromatic rings. The van der Waals surface area contributed by atoms with Crippen molar-refractivity contribution in [3.05, 3.63) is 41.0 Å². The van der Waals surface area contributed by atoms with E-state index in [1.54, 1.807) is 12.1 Å². The summed E-state index contributed by atoms with van der Waals surface area (Å²) in [6.45, 7) is 2.84. The van der Waals surface area contributed by atoms with E-state index in [0.717, 1.165) is 24.9 Å². The van der Waals surface area contributed by atoms with Crippen LogP contribution in [0.25, 0.3) is 10.9 Å². The Hall–Kier alpha value is -1.65. The lowest BCUT2D eigenvalue weighted by atomic mass is 10.1. The smallest absolute Gasteiger partial charge is 0.269 e. The number of nitrogens with one attached hydrogen (secondary N) is 1. The number of amides is 1. The molecule has 21 heavy (non-hydrogen) atoms. The van der Waals surface area contributed by atoms with Crippen molar-refractivity contribution in [2.75, 3.05) is 26.7 Å². The lowest BCUT2D eigenvalue weighted by Gasteiger charge is -2.11. The minimum absolute atomic E-state index is 0.133. The highest BCUT2D eigenvalue weighted by atomic mass is 35.5. The maximum absolute atomic E-state index is 12.2. The van der Waals surface area contributed by atoms with Crippen LogP contribution in [-0.4, -0.2) is 42.5 Å². The number of fused-ring (bicyclic) bond motifs is 1. The van der Waals surface area contributed by atoms with Crippen LogP contribution in [0.5, 0.6) is 0 Å². The zero-order valence-corrected chi connectivity index (χ0v) is 12.7. The third-order valence-electron chi connectivity index (χ3n) is 3.94. The normalized spacial score (nSPS) is 19.0. The van der Waals surface area contributed by atoms with Gasteiger partial charge in [0.05, 0.1) is 10.5 Å². The molecule has 0 aliphatic carbocycles. The molecule has 1 atom stereocenters. The summed E-state index contributed by atoms with van der Waals surface area (Å²) in [7, 11) is 2.11. The molecule has 0 spiro atoms. The Kier molecular flexibility index (Phi) is 4.08. The molecule has 2 heterocycles. The van der Waals surface area contributed by atoms with E-state index in [1.807, 2.05) is 18.2 Å². The van der Waals surface area contributed by atoms with Gasteiger partial charge in [-0.15, -0.1) is 0 Å². The van der Waals surface area contributed by atoms with Gasteiger partial charge in [-0.25, -0.2) is 4.98 Å². The number of hydrogen-bond acceptors (Lipinski definition) is 3. The Morgan fingerprint density at radius 1 is 1.43 bits per heavy atom. The van der Waals surface area contributed by atoms with E-state index < -0.39 is 0 Å². The molecule has 1 aromatic carbocycles. The van der Waals surface area contributed by atoms with E-state index >= 15 is 0 Å². The van der Waals surface area contributed by atoms with E-state index in [9.17, 15) is 4.79 Å². The van der Waals surface area contributed by atoms with Crippen LogP contribution >= 0.6 is 11.6 Å². The third-order valence-corrected chi connectivity index (χ3v) is 4.25. The summed E-state index contributed by atoms with van der Waals surface area (Å²) in [5.74, 6) is 0.398. The quantitative estimate of drug-likeness (QED) is 0.948. The van der Waals surface area contributed by atoms with Gasteiger partial charge < -0.3 is 10.2 Å². The minimum Gasteiger partial charge on any atom is -0.350 e. The Bertz CT molecular complexity index is 674. The molecule has 110 valence electrons. The van der Waals surface area contributed by atoms with Gasteiger partial charge in [-0.2, -0.15) is 0 Å². The number of benzene rings is 1. The Labute approximate surface area is 129 Å². The summed E-state index contributed by atoms with van der Waals surface area (Å²) in [5.41, 5.74) is 1.09. The largest absolute Gasteiger partial charge is 0.350 e. The zero-order valence-electron chi connectivity index (χ0n) is 12.0. The predicted molar refractivity (Wildman–Crippen MR) is 84.7 cm³/mol. The molecule has 4 nitrogen and oxygen atoms in total. The maximum atomic E-state index is 12.2. The number of hydrogen-bond donors (Lipinski definition) is 1. The van der Waals surface area contributed by atoms with Crippen LogP contribution in [0.15, 0.2) is 30.3 Å². The van der Waals surface area contributed by atoms with Crippen LogP contribution < -0.4 is 5.32 Å². The number of carbonyl (C=O) groups excluding carboxylic acids is 1. The van der Waals surface area contributed by atoms with Crippen molar-refractivity contribution in [1.29, 1.82) is 0 Å². The van der Waals surface area contributed by atoms with Crippen molar-refractivity contribution in [1.82, 2.24) is 15.2 Å². The highest BCUT2D eigenvalue weighted by Gasteiger charge is 2.20. The van der Waals surface area contributed by atoms with Crippen molar-refractivity contribution in [2.45, 2.75) is 6.42 Å². The third kappa shape index (κ3) is 3.17. The molecule has 0 radical (unpaired) electrons. The molecule has 1 aromatic heterocycles. The number of rotatable bonds is 3. The second-order valence-corrected chi connectivity index (χ2v) is 6.04. The fraction of sp³-hybridized carbons (Fsp3) is 0.375. The maximum Gasteiger partial charge on any atom is 0.269 e. The SMILES string of the molecule is CN1CCC(CNC(=O)c2ccc3cccc(Cl)c3n2)C1. The summed E-state index contributed by atoms with van der Waals surface area (Å²) in [5, 5.41) is 4.48. The summed E-state index contributed by atoms with van der Waals surface area (Å²) < 4.78 is 0. The van der Waals surface area contributed by atoms with Crippen LogP contribution in [0.2, 0.25) is 5.02 Å². The molecule has 3 rings (SSSR count). The van der Waals surface area contributed by atoms with Gasteiger partial charge in [0.2, 0.25) is 0 Å². The van der Waals surface area contributed by atoms with E-state index in [-0.39, 0.29) is 5.91 Å². The van der Waals surface area contributed by atoms with E-state index in [4.69, 9.17) is 11.6 Å². The first-order valence-corrected chi connectivity index (χ1v) is 7.53. The van der Waals surface area contributed by atoms with E-state index in [0.29, 0.717) is 28.7 Å². The minimum atomic E-state index is -0.133. The zero-order chi connectivity index (χ0) is 14.8. The molecule has 0 saturated carbocycles. The molecular weight excluding hydrogens is 286 g/mol. The van der Waals surface area contributed by atoms with Crippen LogP contribution in [-0.2, 0) is 0 Å². The van der Waals surface area contributed by atoms with Gasteiger partial charge >= 0.3 is 0 Å². The summed E-state index contributed by atoms with van der Waals surface area (Å²) in [6.07, 6.45) is 1.13. The fourth-order valence-electron chi connectivity index (χ4n) is 2.76. The lowest BCUT2D eigenvalue weighted by Crippen LogP contribution is -2.31.